The van der Waals surface area contributed by atoms with E-state index in [9.17, 15) is 0 Å². The van der Waals surface area contributed by atoms with Gasteiger partial charge in [0.25, 0.3) is 0 Å². The molecule has 2 nitrogen and oxygen atoms in total. The van der Waals surface area contributed by atoms with Crippen LogP contribution in [0, 0.1) is 0 Å². The first kappa shape index (κ1) is 16.3. The van der Waals surface area contributed by atoms with Gasteiger partial charge in [-0.15, -0.1) is 11.3 Å². The average Bonchev–Trinajstić information content (AvgIpc) is 3.26. The van der Waals surface area contributed by atoms with Crippen LogP contribution in [-0.4, -0.2) is 9.55 Å². The standard InChI is InChI=1S/C24H20N2S/c1-2-15-26-21-9-5-3-7-18(21)19-13-11-17(16-22(19)26)12-14-24-25-20-8-4-6-10-23(20)27-24/h3-14,16H,2,15H2,1H3. The summed E-state index contributed by atoms with van der Waals surface area (Å²) in [5.41, 5.74) is 4.91. The van der Waals surface area contributed by atoms with Crippen LogP contribution in [0.5, 0.6) is 0 Å². The Morgan fingerprint density at radius 2 is 1.70 bits per heavy atom. The van der Waals surface area contributed by atoms with Crippen LogP contribution < -0.4 is 0 Å². The van der Waals surface area contributed by atoms with Crippen molar-refractivity contribution in [3.8, 4) is 0 Å². The highest BCUT2D eigenvalue weighted by Gasteiger charge is 2.09. The second-order valence-corrected chi connectivity index (χ2v) is 7.86. The van der Waals surface area contributed by atoms with Crippen molar-refractivity contribution in [2.75, 3.05) is 0 Å². The second kappa shape index (κ2) is 6.67. The summed E-state index contributed by atoms with van der Waals surface area (Å²) in [5.74, 6) is 0. The summed E-state index contributed by atoms with van der Waals surface area (Å²) in [6.07, 6.45) is 5.42. The number of hydrogen-bond donors (Lipinski definition) is 0. The molecule has 0 saturated carbocycles. The Labute approximate surface area is 162 Å². The fraction of sp³-hybridized carbons (Fsp3) is 0.125. The van der Waals surface area contributed by atoms with Crippen LogP contribution in [0.15, 0.2) is 66.7 Å². The third-order valence-corrected chi connectivity index (χ3v) is 5.98. The molecule has 0 unspecified atom stereocenters. The van der Waals surface area contributed by atoms with Crippen LogP contribution in [0.3, 0.4) is 0 Å². The molecule has 27 heavy (non-hydrogen) atoms. The highest BCUT2D eigenvalue weighted by Crippen LogP contribution is 2.30. The summed E-state index contributed by atoms with van der Waals surface area (Å²) >= 11 is 1.73. The first-order valence-electron chi connectivity index (χ1n) is 9.38. The van der Waals surface area contributed by atoms with Crippen molar-refractivity contribution in [1.82, 2.24) is 9.55 Å². The van der Waals surface area contributed by atoms with Gasteiger partial charge in [0.15, 0.2) is 0 Å². The third kappa shape index (κ3) is 2.84. The number of fused-ring (bicyclic) bond motifs is 4. The number of para-hydroxylation sites is 2. The molecular formula is C24H20N2S. The van der Waals surface area contributed by atoms with Gasteiger partial charge in [0.05, 0.1) is 10.2 Å². The Morgan fingerprint density at radius 3 is 2.59 bits per heavy atom. The maximum atomic E-state index is 4.70. The number of rotatable bonds is 4. The lowest BCUT2D eigenvalue weighted by Crippen LogP contribution is -1.95. The zero-order valence-corrected chi connectivity index (χ0v) is 16.0. The van der Waals surface area contributed by atoms with E-state index in [1.54, 1.807) is 11.3 Å². The van der Waals surface area contributed by atoms with Crippen LogP contribution in [0.1, 0.15) is 23.9 Å². The highest BCUT2D eigenvalue weighted by molar-refractivity contribution is 7.19. The zero-order chi connectivity index (χ0) is 18.2. The Balaban J connectivity index is 1.59. The average molecular weight is 369 g/mol. The summed E-state index contributed by atoms with van der Waals surface area (Å²) in [6.45, 7) is 3.27. The van der Waals surface area contributed by atoms with Gasteiger partial charge in [-0.25, -0.2) is 4.98 Å². The minimum atomic E-state index is 1.04. The zero-order valence-electron chi connectivity index (χ0n) is 15.2. The first-order valence-corrected chi connectivity index (χ1v) is 10.2. The molecule has 0 aliphatic carbocycles. The van der Waals surface area contributed by atoms with E-state index in [4.69, 9.17) is 4.98 Å². The Kier molecular flexibility index (Phi) is 4.02. The Bertz CT molecular complexity index is 1260. The first-order chi connectivity index (χ1) is 13.3. The number of aryl methyl sites for hydroxylation is 1. The third-order valence-electron chi connectivity index (χ3n) is 4.97. The van der Waals surface area contributed by atoms with Gasteiger partial charge in [-0.3, -0.25) is 0 Å². The summed E-state index contributed by atoms with van der Waals surface area (Å²) in [4.78, 5) is 4.70. The van der Waals surface area contributed by atoms with E-state index < -0.39 is 0 Å². The predicted octanol–water partition coefficient (Wildman–Crippen LogP) is 6.98. The molecule has 0 atom stereocenters. The monoisotopic (exact) mass is 368 g/mol. The summed E-state index contributed by atoms with van der Waals surface area (Å²) in [7, 11) is 0. The van der Waals surface area contributed by atoms with Gasteiger partial charge in [-0.05, 0) is 42.3 Å². The van der Waals surface area contributed by atoms with Gasteiger partial charge in [0, 0.05) is 28.4 Å². The van der Waals surface area contributed by atoms with E-state index in [2.05, 4.69) is 84.3 Å². The molecule has 0 fully saturated rings. The van der Waals surface area contributed by atoms with Gasteiger partial charge < -0.3 is 4.57 Å². The lowest BCUT2D eigenvalue weighted by atomic mass is 10.1. The summed E-state index contributed by atoms with van der Waals surface area (Å²) in [5, 5.41) is 3.71. The van der Waals surface area contributed by atoms with Crippen LogP contribution in [0.4, 0.5) is 0 Å². The maximum absolute atomic E-state index is 4.70. The molecule has 5 rings (SSSR count). The molecule has 0 bridgehead atoms. The topological polar surface area (TPSA) is 17.8 Å². The molecule has 2 heterocycles. The van der Waals surface area contributed by atoms with Gasteiger partial charge in [0.1, 0.15) is 5.01 Å². The van der Waals surface area contributed by atoms with E-state index in [1.807, 2.05) is 6.07 Å². The largest absolute Gasteiger partial charge is 0.340 e. The van der Waals surface area contributed by atoms with Crippen molar-refractivity contribution in [2.45, 2.75) is 19.9 Å². The smallest absolute Gasteiger partial charge is 0.117 e. The van der Waals surface area contributed by atoms with Crippen LogP contribution in [-0.2, 0) is 6.54 Å². The molecule has 0 amide bonds. The van der Waals surface area contributed by atoms with Gasteiger partial charge in [-0.1, -0.05) is 55.5 Å². The SMILES string of the molecule is CCCn1c2ccccc2c2ccc(C=Cc3nc4ccccc4s3)cc21. The van der Waals surface area contributed by atoms with E-state index in [1.165, 1.54) is 32.1 Å². The normalized spacial score (nSPS) is 12.0. The number of nitrogens with zero attached hydrogens (tertiary/aromatic N) is 2. The number of aromatic nitrogens is 2. The fourth-order valence-corrected chi connectivity index (χ4v) is 4.63. The van der Waals surface area contributed by atoms with Crippen molar-refractivity contribution in [3.05, 3.63) is 77.3 Å². The minimum absolute atomic E-state index is 1.04. The van der Waals surface area contributed by atoms with Gasteiger partial charge >= 0.3 is 0 Å². The molecule has 0 aliphatic rings. The molecule has 5 aromatic rings. The lowest BCUT2D eigenvalue weighted by Gasteiger charge is -2.05. The van der Waals surface area contributed by atoms with Crippen molar-refractivity contribution in [2.24, 2.45) is 0 Å². The highest BCUT2D eigenvalue weighted by atomic mass is 32.1. The van der Waals surface area contributed by atoms with Crippen LogP contribution in [0.2, 0.25) is 0 Å². The molecule has 0 N–H and O–H groups in total. The summed E-state index contributed by atoms with van der Waals surface area (Å²) < 4.78 is 3.68. The minimum Gasteiger partial charge on any atom is -0.340 e. The molecule has 3 aromatic carbocycles. The number of benzene rings is 3. The maximum Gasteiger partial charge on any atom is 0.117 e. The molecule has 2 aromatic heterocycles. The van der Waals surface area contributed by atoms with E-state index in [-0.39, 0.29) is 0 Å². The van der Waals surface area contributed by atoms with E-state index >= 15 is 0 Å². The van der Waals surface area contributed by atoms with Crippen molar-refractivity contribution in [1.29, 1.82) is 0 Å². The Hall–Kier alpha value is -2.91. The van der Waals surface area contributed by atoms with Crippen LogP contribution >= 0.6 is 11.3 Å². The molecule has 0 aliphatic heterocycles. The molecule has 132 valence electrons. The molecule has 0 radical (unpaired) electrons. The molecule has 0 spiro atoms. The van der Waals surface area contributed by atoms with Crippen molar-refractivity contribution >= 4 is 55.5 Å². The van der Waals surface area contributed by atoms with E-state index in [0.29, 0.717) is 0 Å². The van der Waals surface area contributed by atoms with Crippen molar-refractivity contribution < 1.29 is 0 Å². The number of hydrogen-bond acceptors (Lipinski definition) is 2. The Morgan fingerprint density at radius 1 is 0.889 bits per heavy atom. The second-order valence-electron chi connectivity index (χ2n) is 6.80. The van der Waals surface area contributed by atoms with Gasteiger partial charge in [-0.2, -0.15) is 0 Å². The molecule has 0 saturated heterocycles. The van der Waals surface area contributed by atoms with E-state index in [0.717, 1.165) is 23.5 Å². The quantitative estimate of drug-likeness (QED) is 0.334. The van der Waals surface area contributed by atoms with Gasteiger partial charge in [0.2, 0.25) is 0 Å². The predicted molar refractivity (Wildman–Crippen MR) is 118 cm³/mol. The molecule has 3 heteroatoms. The lowest BCUT2D eigenvalue weighted by molar-refractivity contribution is 0.724. The summed E-state index contributed by atoms with van der Waals surface area (Å²) in [6, 6.07) is 23.7. The number of thiazole rings is 1. The van der Waals surface area contributed by atoms with Crippen LogP contribution in [0.25, 0.3) is 44.2 Å². The molecular weight excluding hydrogens is 348 g/mol. The fourth-order valence-electron chi connectivity index (χ4n) is 3.76. The van der Waals surface area contributed by atoms with Crippen molar-refractivity contribution in [3.63, 3.8) is 0 Å².